The van der Waals surface area contributed by atoms with Crippen LogP contribution in [0.25, 0.3) is 0 Å². The zero-order valence-corrected chi connectivity index (χ0v) is 13.5. The van der Waals surface area contributed by atoms with Crippen LogP contribution in [0.15, 0.2) is 16.3 Å². The predicted octanol–water partition coefficient (Wildman–Crippen LogP) is 1.70. The predicted molar refractivity (Wildman–Crippen MR) is 80.5 cm³/mol. The van der Waals surface area contributed by atoms with E-state index < -0.39 is 10.0 Å². The van der Waals surface area contributed by atoms with Crippen molar-refractivity contribution in [1.29, 1.82) is 0 Å². The highest BCUT2D eigenvalue weighted by molar-refractivity contribution is 7.89. The Morgan fingerprint density at radius 1 is 1.50 bits per heavy atom. The van der Waals surface area contributed by atoms with Gasteiger partial charge in [0.05, 0.1) is 11.5 Å². The molecule has 1 heterocycles. The van der Waals surface area contributed by atoms with E-state index in [1.807, 2.05) is 12.3 Å². The summed E-state index contributed by atoms with van der Waals surface area (Å²) >= 11 is 1.48. The van der Waals surface area contributed by atoms with Crippen molar-refractivity contribution in [3.8, 4) is 0 Å². The molecule has 1 aliphatic rings. The minimum atomic E-state index is -3.47. The number of hydrogen-bond donors (Lipinski definition) is 2. The molecular weight excluding hydrogens is 296 g/mol. The second kappa shape index (κ2) is 7.00. The van der Waals surface area contributed by atoms with E-state index in [-0.39, 0.29) is 6.04 Å². The first-order chi connectivity index (χ1) is 9.56. The first kappa shape index (κ1) is 15.9. The summed E-state index contributed by atoms with van der Waals surface area (Å²) in [5.41, 5.74) is 0. The molecule has 2 rings (SSSR count). The van der Waals surface area contributed by atoms with Gasteiger partial charge in [0.1, 0.15) is 0 Å². The van der Waals surface area contributed by atoms with Crippen molar-refractivity contribution in [2.24, 2.45) is 0 Å². The van der Waals surface area contributed by atoms with Crippen molar-refractivity contribution in [1.82, 2.24) is 10.0 Å². The van der Waals surface area contributed by atoms with Gasteiger partial charge in [-0.05, 0) is 30.7 Å². The van der Waals surface area contributed by atoms with Crippen molar-refractivity contribution in [2.75, 3.05) is 13.7 Å². The van der Waals surface area contributed by atoms with Gasteiger partial charge in [-0.3, -0.25) is 0 Å². The number of rotatable bonds is 9. The molecule has 0 aromatic carbocycles. The van der Waals surface area contributed by atoms with Crippen molar-refractivity contribution >= 4 is 21.4 Å². The van der Waals surface area contributed by atoms with Crippen LogP contribution >= 0.6 is 11.3 Å². The number of sulfonamides is 1. The smallest absolute Gasteiger partial charge is 0.242 e. The van der Waals surface area contributed by atoms with Crippen LogP contribution in [0.4, 0.5) is 0 Å². The van der Waals surface area contributed by atoms with Gasteiger partial charge in [-0.2, -0.15) is 0 Å². The lowest BCUT2D eigenvalue weighted by Gasteiger charge is -2.16. The van der Waals surface area contributed by atoms with Gasteiger partial charge in [0.2, 0.25) is 10.0 Å². The van der Waals surface area contributed by atoms with E-state index in [9.17, 15) is 8.42 Å². The quantitative estimate of drug-likeness (QED) is 0.727. The normalized spacial score (nSPS) is 17.3. The highest BCUT2D eigenvalue weighted by Crippen LogP contribution is 2.25. The minimum absolute atomic E-state index is 0.186. The standard InChI is InChI=1S/C13H22N2O3S2/c1-3-10(9-18-2)15-20(16,17)13-6-7-19-12(13)8-14-11-4-5-11/h6-7,10-11,14-15H,3-5,8-9H2,1-2H3. The lowest BCUT2D eigenvalue weighted by molar-refractivity contribution is 0.173. The topological polar surface area (TPSA) is 67.4 Å². The molecule has 0 bridgehead atoms. The molecule has 5 nitrogen and oxygen atoms in total. The SMILES string of the molecule is CCC(COC)NS(=O)(=O)c1ccsc1CNC1CC1. The highest BCUT2D eigenvalue weighted by atomic mass is 32.2. The number of nitrogens with one attached hydrogen (secondary N) is 2. The Labute approximate surface area is 124 Å². The summed E-state index contributed by atoms with van der Waals surface area (Å²) in [6.07, 6.45) is 3.09. The molecule has 1 fully saturated rings. The molecule has 20 heavy (non-hydrogen) atoms. The monoisotopic (exact) mass is 318 g/mol. The molecule has 1 aliphatic carbocycles. The maximum Gasteiger partial charge on any atom is 0.242 e. The summed E-state index contributed by atoms with van der Waals surface area (Å²) in [6, 6.07) is 2.06. The van der Waals surface area contributed by atoms with Gasteiger partial charge in [-0.1, -0.05) is 6.92 Å². The molecular formula is C13H22N2O3S2. The van der Waals surface area contributed by atoms with Crippen LogP contribution in [0.5, 0.6) is 0 Å². The average Bonchev–Trinajstić information content (AvgIpc) is 3.11. The second-order valence-corrected chi connectivity index (χ2v) is 7.73. The summed E-state index contributed by atoms with van der Waals surface area (Å²) in [7, 11) is -1.89. The van der Waals surface area contributed by atoms with E-state index >= 15 is 0 Å². The zero-order chi connectivity index (χ0) is 14.6. The Morgan fingerprint density at radius 2 is 2.25 bits per heavy atom. The molecule has 0 spiro atoms. The average molecular weight is 318 g/mol. The molecule has 7 heteroatoms. The number of hydrogen-bond acceptors (Lipinski definition) is 5. The van der Waals surface area contributed by atoms with E-state index in [1.165, 1.54) is 24.2 Å². The molecule has 1 unspecified atom stereocenters. The highest BCUT2D eigenvalue weighted by Gasteiger charge is 2.25. The van der Waals surface area contributed by atoms with Gasteiger partial charge in [0.25, 0.3) is 0 Å². The van der Waals surface area contributed by atoms with Crippen LogP contribution < -0.4 is 10.0 Å². The van der Waals surface area contributed by atoms with Gasteiger partial charge >= 0.3 is 0 Å². The third-order valence-corrected chi connectivity index (χ3v) is 5.96. The number of thiophene rings is 1. The van der Waals surface area contributed by atoms with E-state index in [0.717, 1.165) is 4.88 Å². The Balaban J connectivity index is 2.05. The third kappa shape index (κ3) is 4.26. The molecule has 0 aliphatic heterocycles. The van der Waals surface area contributed by atoms with E-state index in [1.54, 1.807) is 13.2 Å². The van der Waals surface area contributed by atoms with Gasteiger partial charge in [-0.25, -0.2) is 13.1 Å². The first-order valence-corrected chi connectivity index (χ1v) is 9.24. The summed E-state index contributed by atoms with van der Waals surface area (Å²) < 4.78 is 32.6. The molecule has 1 saturated carbocycles. The molecule has 1 atom stereocenters. The van der Waals surface area contributed by atoms with E-state index in [4.69, 9.17) is 4.74 Å². The zero-order valence-electron chi connectivity index (χ0n) is 11.9. The van der Waals surface area contributed by atoms with Crippen molar-refractivity contribution in [3.05, 3.63) is 16.3 Å². The van der Waals surface area contributed by atoms with Crippen molar-refractivity contribution in [3.63, 3.8) is 0 Å². The van der Waals surface area contributed by atoms with Gasteiger partial charge < -0.3 is 10.1 Å². The van der Waals surface area contributed by atoms with Crippen LogP contribution in [-0.2, 0) is 21.3 Å². The maximum absolute atomic E-state index is 12.4. The fourth-order valence-corrected chi connectivity index (χ4v) is 4.64. The molecule has 0 amide bonds. The molecule has 1 aromatic heterocycles. The summed E-state index contributed by atoms with van der Waals surface area (Å²) in [5.74, 6) is 0. The van der Waals surface area contributed by atoms with Crippen LogP contribution in [-0.4, -0.2) is 34.2 Å². The summed E-state index contributed by atoms with van der Waals surface area (Å²) in [5, 5.41) is 5.19. The molecule has 114 valence electrons. The third-order valence-electron chi connectivity index (χ3n) is 3.31. The van der Waals surface area contributed by atoms with Crippen LogP contribution in [0.3, 0.4) is 0 Å². The largest absolute Gasteiger partial charge is 0.383 e. The lowest BCUT2D eigenvalue weighted by atomic mass is 10.3. The van der Waals surface area contributed by atoms with Crippen LogP contribution in [0, 0.1) is 0 Å². The fraction of sp³-hybridized carbons (Fsp3) is 0.692. The van der Waals surface area contributed by atoms with E-state index in [2.05, 4.69) is 10.0 Å². The Hall–Kier alpha value is -0.470. The van der Waals surface area contributed by atoms with Crippen molar-refractivity contribution in [2.45, 2.75) is 49.7 Å². The Bertz CT molecular complexity index is 523. The Morgan fingerprint density at radius 3 is 2.85 bits per heavy atom. The second-order valence-electron chi connectivity index (χ2n) is 5.05. The molecule has 0 saturated heterocycles. The van der Waals surface area contributed by atoms with Crippen LogP contribution in [0.2, 0.25) is 0 Å². The maximum atomic E-state index is 12.4. The van der Waals surface area contributed by atoms with Crippen molar-refractivity contribution < 1.29 is 13.2 Å². The molecule has 1 aromatic rings. The fourth-order valence-electron chi connectivity index (χ4n) is 1.94. The van der Waals surface area contributed by atoms with Gasteiger partial charge in [-0.15, -0.1) is 11.3 Å². The van der Waals surface area contributed by atoms with Crippen LogP contribution in [0.1, 0.15) is 31.1 Å². The number of ether oxygens (including phenoxy) is 1. The van der Waals surface area contributed by atoms with Gasteiger partial charge in [0.15, 0.2) is 0 Å². The van der Waals surface area contributed by atoms with E-state index in [0.29, 0.717) is 30.5 Å². The molecule has 2 N–H and O–H groups in total. The molecule has 0 radical (unpaired) electrons. The van der Waals surface area contributed by atoms with Gasteiger partial charge in [0, 0.05) is 30.6 Å². The Kier molecular flexibility index (Phi) is 5.57. The minimum Gasteiger partial charge on any atom is -0.383 e. The lowest BCUT2D eigenvalue weighted by Crippen LogP contribution is -2.37. The number of methoxy groups -OCH3 is 1. The summed E-state index contributed by atoms with van der Waals surface area (Å²) in [6.45, 7) is 2.95. The summed E-state index contributed by atoms with van der Waals surface area (Å²) in [4.78, 5) is 1.27. The first-order valence-electron chi connectivity index (χ1n) is 6.87.